The van der Waals surface area contributed by atoms with Gasteiger partial charge in [0.15, 0.2) is 0 Å². The number of carbonyl (C=O) groups excluding carboxylic acids is 1. The summed E-state index contributed by atoms with van der Waals surface area (Å²) in [5.41, 5.74) is 1.24. The minimum atomic E-state index is -3.74. The number of ether oxygens (including phenoxy) is 3. The maximum absolute atomic E-state index is 12.5. The lowest BCUT2D eigenvalue weighted by Crippen LogP contribution is -2.45. The van der Waals surface area contributed by atoms with Gasteiger partial charge in [0.1, 0.15) is 30.4 Å². The largest absolute Gasteiger partial charge is 0.497 e. The summed E-state index contributed by atoms with van der Waals surface area (Å²) in [5, 5.41) is 2.77. The average molecular weight is 437 g/mol. The van der Waals surface area contributed by atoms with E-state index in [0.717, 1.165) is 21.9 Å². The van der Waals surface area contributed by atoms with E-state index < -0.39 is 22.5 Å². The minimum Gasteiger partial charge on any atom is -0.497 e. The van der Waals surface area contributed by atoms with Crippen molar-refractivity contribution in [1.29, 1.82) is 0 Å². The van der Waals surface area contributed by atoms with E-state index in [1.807, 2.05) is 31.2 Å². The zero-order chi connectivity index (χ0) is 22.3. The number of aryl methyl sites for hydroxylation is 1. The third-order valence-electron chi connectivity index (χ3n) is 4.33. The number of para-hydroxylation sites is 1. The molecule has 1 atom stereocenters. The normalized spacial score (nSPS) is 12.0. The van der Waals surface area contributed by atoms with Crippen molar-refractivity contribution in [3.63, 3.8) is 0 Å². The fourth-order valence-corrected chi connectivity index (χ4v) is 3.66. The van der Waals surface area contributed by atoms with E-state index >= 15 is 0 Å². The number of nitrogens with one attached hydrogen (secondary N) is 1. The first kappa shape index (κ1) is 23.3. The molecule has 0 aliphatic rings. The Morgan fingerprint density at radius 3 is 2.40 bits per heavy atom. The van der Waals surface area contributed by atoms with Gasteiger partial charge in [-0.05, 0) is 37.6 Å². The Hall–Kier alpha value is -2.94. The van der Waals surface area contributed by atoms with Crippen LogP contribution in [0.25, 0.3) is 0 Å². The zero-order valence-electron chi connectivity index (χ0n) is 17.8. The summed E-state index contributed by atoms with van der Waals surface area (Å²) in [6, 6.07) is 12.0. The second-order valence-electron chi connectivity index (χ2n) is 6.85. The molecule has 0 aromatic heterocycles. The van der Waals surface area contributed by atoms with Crippen molar-refractivity contribution < 1.29 is 27.4 Å². The molecule has 2 aromatic carbocycles. The Labute approximate surface area is 177 Å². The molecule has 2 rings (SSSR count). The van der Waals surface area contributed by atoms with Crippen molar-refractivity contribution in [3.05, 3.63) is 48.0 Å². The van der Waals surface area contributed by atoms with Gasteiger partial charge in [0.05, 0.1) is 32.2 Å². The van der Waals surface area contributed by atoms with Gasteiger partial charge in [-0.1, -0.05) is 18.2 Å². The molecular formula is C21H28N2O6S. The number of carbonyl (C=O) groups is 1. The molecule has 1 N–H and O–H groups in total. The minimum absolute atomic E-state index is 0.250. The van der Waals surface area contributed by atoms with Crippen LogP contribution in [0.1, 0.15) is 12.5 Å². The van der Waals surface area contributed by atoms with Gasteiger partial charge >= 0.3 is 0 Å². The highest BCUT2D eigenvalue weighted by Gasteiger charge is 2.25. The summed E-state index contributed by atoms with van der Waals surface area (Å²) in [6.07, 6.45) is 1.04. The Kier molecular flexibility index (Phi) is 7.93. The van der Waals surface area contributed by atoms with Crippen molar-refractivity contribution in [2.75, 3.05) is 37.9 Å². The first-order valence-electron chi connectivity index (χ1n) is 9.33. The van der Waals surface area contributed by atoms with Crippen molar-refractivity contribution >= 4 is 21.6 Å². The molecule has 9 heteroatoms. The first-order valence-corrected chi connectivity index (χ1v) is 11.2. The monoisotopic (exact) mass is 436 g/mol. The molecule has 2 aromatic rings. The number of nitrogens with zero attached hydrogens (tertiary/aromatic N) is 1. The van der Waals surface area contributed by atoms with E-state index in [-0.39, 0.29) is 24.1 Å². The van der Waals surface area contributed by atoms with E-state index in [4.69, 9.17) is 14.2 Å². The van der Waals surface area contributed by atoms with E-state index in [9.17, 15) is 13.2 Å². The molecule has 0 heterocycles. The molecule has 8 nitrogen and oxygen atoms in total. The van der Waals surface area contributed by atoms with Crippen LogP contribution in [0.15, 0.2) is 42.5 Å². The zero-order valence-corrected chi connectivity index (χ0v) is 18.7. The van der Waals surface area contributed by atoms with Crippen molar-refractivity contribution in [1.82, 2.24) is 5.32 Å². The fourth-order valence-electron chi connectivity index (χ4n) is 2.80. The van der Waals surface area contributed by atoms with Crippen LogP contribution in [-0.4, -0.2) is 54.0 Å². The summed E-state index contributed by atoms with van der Waals surface area (Å²) >= 11 is 0. The second-order valence-corrected chi connectivity index (χ2v) is 8.76. The molecule has 30 heavy (non-hydrogen) atoms. The van der Waals surface area contributed by atoms with Gasteiger partial charge in [-0.25, -0.2) is 8.42 Å². The molecule has 0 radical (unpaired) electrons. The second kappa shape index (κ2) is 10.2. The smallest absolute Gasteiger partial charge is 0.241 e. The number of anilines is 1. The van der Waals surface area contributed by atoms with Gasteiger partial charge in [0, 0.05) is 6.07 Å². The highest BCUT2D eigenvalue weighted by molar-refractivity contribution is 7.92. The van der Waals surface area contributed by atoms with Crippen LogP contribution < -0.4 is 23.8 Å². The van der Waals surface area contributed by atoms with Crippen molar-refractivity contribution in [3.8, 4) is 17.2 Å². The maximum Gasteiger partial charge on any atom is 0.241 e. The van der Waals surface area contributed by atoms with Gasteiger partial charge < -0.3 is 19.5 Å². The molecule has 0 fully saturated rings. The standard InChI is InChI=1S/C21H28N2O6S/c1-15-8-6-7-9-19(15)29-14-16(2)22-21(24)13-23(30(5,25)26)18-11-10-17(27-3)12-20(18)28-4/h6-12,16H,13-14H2,1-5H3,(H,22,24). The topological polar surface area (TPSA) is 94.2 Å². The number of rotatable bonds is 10. The third-order valence-corrected chi connectivity index (χ3v) is 5.46. The number of methoxy groups -OCH3 is 2. The fraction of sp³-hybridized carbons (Fsp3) is 0.381. The van der Waals surface area contributed by atoms with E-state index in [1.54, 1.807) is 19.1 Å². The molecule has 0 saturated carbocycles. The summed E-state index contributed by atoms with van der Waals surface area (Å²) in [4.78, 5) is 12.5. The van der Waals surface area contributed by atoms with E-state index in [0.29, 0.717) is 5.75 Å². The highest BCUT2D eigenvalue weighted by atomic mass is 32.2. The number of benzene rings is 2. The van der Waals surface area contributed by atoms with Crippen LogP contribution in [0.3, 0.4) is 0 Å². The highest BCUT2D eigenvalue weighted by Crippen LogP contribution is 2.33. The van der Waals surface area contributed by atoms with E-state index in [1.165, 1.54) is 20.3 Å². The quantitative estimate of drug-likeness (QED) is 0.615. The Bertz CT molecular complexity index is 977. The van der Waals surface area contributed by atoms with Crippen LogP contribution in [0.2, 0.25) is 0 Å². The van der Waals surface area contributed by atoms with Gasteiger partial charge in [-0.15, -0.1) is 0 Å². The molecule has 164 valence electrons. The van der Waals surface area contributed by atoms with Gasteiger partial charge in [-0.3, -0.25) is 9.10 Å². The Morgan fingerprint density at radius 1 is 1.10 bits per heavy atom. The summed E-state index contributed by atoms with van der Waals surface area (Å²) in [6.45, 7) is 3.58. The summed E-state index contributed by atoms with van der Waals surface area (Å²) in [5.74, 6) is 1.07. The number of hydrogen-bond acceptors (Lipinski definition) is 6. The lowest BCUT2D eigenvalue weighted by molar-refractivity contribution is -0.120. The third kappa shape index (κ3) is 6.28. The molecule has 0 bridgehead atoms. The summed E-state index contributed by atoms with van der Waals surface area (Å²) < 4.78 is 41.9. The Morgan fingerprint density at radius 2 is 1.80 bits per heavy atom. The van der Waals surface area contributed by atoms with Crippen molar-refractivity contribution in [2.24, 2.45) is 0 Å². The Balaban J connectivity index is 2.08. The van der Waals surface area contributed by atoms with Crippen LogP contribution in [0, 0.1) is 6.92 Å². The van der Waals surface area contributed by atoms with Gasteiger partial charge in [0.2, 0.25) is 15.9 Å². The average Bonchev–Trinajstić information content (AvgIpc) is 2.70. The van der Waals surface area contributed by atoms with Crippen molar-refractivity contribution in [2.45, 2.75) is 19.9 Å². The SMILES string of the molecule is COc1ccc(N(CC(=O)NC(C)COc2ccccc2C)S(C)(=O)=O)c(OC)c1. The molecule has 0 aliphatic heterocycles. The van der Waals surface area contributed by atoms with E-state index in [2.05, 4.69) is 5.32 Å². The predicted molar refractivity (Wildman–Crippen MR) is 116 cm³/mol. The molecule has 0 aliphatic carbocycles. The molecule has 0 saturated heterocycles. The molecule has 1 unspecified atom stereocenters. The lowest BCUT2D eigenvalue weighted by atomic mass is 10.2. The number of hydrogen-bond donors (Lipinski definition) is 1. The summed E-state index contributed by atoms with van der Waals surface area (Å²) in [7, 11) is -0.824. The lowest BCUT2D eigenvalue weighted by Gasteiger charge is -2.25. The predicted octanol–water partition coefficient (Wildman–Crippen LogP) is 2.36. The maximum atomic E-state index is 12.5. The van der Waals surface area contributed by atoms with Crippen LogP contribution in [-0.2, 0) is 14.8 Å². The molecular weight excluding hydrogens is 408 g/mol. The van der Waals surface area contributed by atoms with Crippen LogP contribution in [0.4, 0.5) is 5.69 Å². The molecule has 1 amide bonds. The van der Waals surface area contributed by atoms with Crippen LogP contribution >= 0.6 is 0 Å². The van der Waals surface area contributed by atoms with Crippen LogP contribution in [0.5, 0.6) is 17.2 Å². The van der Waals surface area contributed by atoms with Gasteiger partial charge in [-0.2, -0.15) is 0 Å². The number of amides is 1. The first-order chi connectivity index (χ1) is 14.2. The van der Waals surface area contributed by atoms with Gasteiger partial charge in [0.25, 0.3) is 0 Å². The number of sulfonamides is 1. The molecule has 0 spiro atoms.